The first kappa shape index (κ1) is 44.3. The first-order valence-corrected chi connectivity index (χ1v) is 26.4. The molecule has 11 rings (SSSR count). The molecule has 0 aliphatic heterocycles. The third kappa shape index (κ3) is 9.49. The van der Waals surface area contributed by atoms with E-state index in [0.29, 0.717) is 12.8 Å². The van der Waals surface area contributed by atoms with Crippen LogP contribution < -0.4 is 9.80 Å². The van der Waals surface area contributed by atoms with E-state index in [4.69, 9.17) is 14.7 Å². The number of thiazole rings is 2. The molecule has 0 atom stereocenters. The van der Waals surface area contributed by atoms with Crippen molar-refractivity contribution in [2.45, 2.75) is 32.6 Å². The standard InChI is InChI=1S/C59H46N4O2S4/c1-3-6-39-9-22-45(23-10-39)62(47-26-14-41(15-27-47)53-7-4-35-66-53)49-30-18-43(19-31-49)58-60-51-37-56-52(38-55(51)68-58)61-59(69-56)44-20-32-50(33-21-44)63(46-24-11-40(12-25-46)13-34-57(64)65-2)48-28-16-42(17-29-48)54-8-5-36-67-54/h4-5,7-12,14-33,35-38H,3,6,13,34H2,1-2H3. The van der Waals surface area contributed by atoms with E-state index < -0.39 is 0 Å². The van der Waals surface area contributed by atoms with Crippen LogP contribution in [-0.4, -0.2) is 23.0 Å². The molecule has 0 unspecified atom stereocenters. The highest BCUT2D eigenvalue weighted by Crippen LogP contribution is 2.42. The fourth-order valence-electron chi connectivity index (χ4n) is 8.69. The minimum atomic E-state index is -0.205. The predicted molar refractivity (Wildman–Crippen MR) is 294 cm³/mol. The molecular weight excluding hydrogens is 925 g/mol. The van der Waals surface area contributed by atoms with Crippen LogP contribution in [0.15, 0.2) is 193 Å². The summed E-state index contributed by atoms with van der Waals surface area (Å²) in [6.07, 6.45) is 3.18. The number of methoxy groups -OCH3 is 1. The van der Waals surface area contributed by atoms with Crippen LogP contribution in [0.5, 0.6) is 0 Å². The third-order valence-electron chi connectivity index (χ3n) is 12.3. The van der Waals surface area contributed by atoms with Gasteiger partial charge in [0.15, 0.2) is 0 Å². The summed E-state index contributed by atoms with van der Waals surface area (Å²) in [7, 11) is 1.43. The highest BCUT2D eigenvalue weighted by molar-refractivity contribution is 7.23. The van der Waals surface area contributed by atoms with Crippen molar-refractivity contribution in [1.29, 1.82) is 0 Å². The minimum absolute atomic E-state index is 0.205. The molecule has 338 valence electrons. The van der Waals surface area contributed by atoms with E-state index >= 15 is 0 Å². The number of fused-ring (bicyclic) bond motifs is 2. The first-order chi connectivity index (χ1) is 34.0. The molecule has 6 nitrogen and oxygen atoms in total. The predicted octanol–water partition coefficient (Wildman–Crippen LogP) is 17.7. The molecule has 0 bridgehead atoms. The Hall–Kier alpha value is -7.21. The first-order valence-electron chi connectivity index (χ1n) is 23.0. The number of thiophene rings is 2. The van der Waals surface area contributed by atoms with Gasteiger partial charge in [-0.3, -0.25) is 4.79 Å². The number of benzene rings is 7. The van der Waals surface area contributed by atoms with Gasteiger partial charge in [0.05, 0.1) is 27.5 Å². The molecule has 0 radical (unpaired) electrons. The molecular formula is C59H46N4O2S4. The van der Waals surface area contributed by atoms with Gasteiger partial charge in [-0.1, -0.05) is 74.0 Å². The van der Waals surface area contributed by atoms with Crippen LogP contribution in [0.3, 0.4) is 0 Å². The largest absolute Gasteiger partial charge is 0.469 e. The lowest BCUT2D eigenvalue weighted by molar-refractivity contribution is -0.140. The number of aryl methyl sites for hydroxylation is 2. The maximum absolute atomic E-state index is 11.8. The Kier molecular flexibility index (Phi) is 12.7. The summed E-state index contributed by atoms with van der Waals surface area (Å²) < 4.78 is 7.09. The van der Waals surface area contributed by atoms with E-state index in [9.17, 15) is 4.79 Å². The summed E-state index contributed by atoms with van der Waals surface area (Å²) in [5, 5.41) is 6.19. The van der Waals surface area contributed by atoms with Crippen molar-refractivity contribution in [1.82, 2.24) is 9.97 Å². The quantitative estimate of drug-likeness (QED) is 0.0954. The van der Waals surface area contributed by atoms with Gasteiger partial charge < -0.3 is 14.5 Å². The highest BCUT2D eigenvalue weighted by atomic mass is 32.1. The molecule has 10 heteroatoms. The molecule has 0 saturated carbocycles. The Morgan fingerprint density at radius 2 is 0.841 bits per heavy atom. The number of hydrogen-bond acceptors (Lipinski definition) is 10. The van der Waals surface area contributed by atoms with Crippen molar-refractivity contribution < 1.29 is 9.53 Å². The second-order valence-corrected chi connectivity index (χ2v) is 20.8. The van der Waals surface area contributed by atoms with Gasteiger partial charge in [0.25, 0.3) is 0 Å². The molecule has 0 aliphatic rings. The van der Waals surface area contributed by atoms with E-state index in [0.717, 1.165) is 94.1 Å². The van der Waals surface area contributed by atoms with Crippen LogP contribution in [-0.2, 0) is 22.4 Å². The van der Waals surface area contributed by atoms with Crippen molar-refractivity contribution in [2.75, 3.05) is 16.9 Å². The molecule has 4 aromatic heterocycles. The van der Waals surface area contributed by atoms with Crippen LogP contribution in [0.25, 0.3) is 62.5 Å². The number of aromatic nitrogens is 2. The van der Waals surface area contributed by atoms with Crippen LogP contribution in [0.2, 0.25) is 0 Å². The Labute approximate surface area is 418 Å². The zero-order valence-corrected chi connectivity index (χ0v) is 41.3. The van der Waals surface area contributed by atoms with E-state index in [-0.39, 0.29) is 5.97 Å². The summed E-state index contributed by atoms with van der Waals surface area (Å²) in [5.74, 6) is -0.205. The normalized spacial score (nSPS) is 11.3. The van der Waals surface area contributed by atoms with Gasteiger partial charge in [-0.15, -0.1) is 45.3 Å². The lowest BCUT2D eigenvalue weighted by atomic mass is 10.1. The van der Waals surface area contributed by atoms with Crippen molar-refractivity contribution in [2.24, 2.45) is 0 Å². The Morgan fingerprint density at radius 1 is 0.478 bits per heavy atom. The molecule has 4 heterocycles. The average molecular weight is 971 g/mol. The average Bonchev–Trinajstić information content (AvgIpc) is 4.26. The number of anilines is 6. The second kappa shape index (κ2) is 19.8. The van der Waals surface area contributed by atoms with Gasteiger partial charge in [-0.2, -0.15) is 0 Å². The van der Waals surface area contributed by atoms with Crippen LogP contribution >= 0.6 is 45.3 Å². The van der Waals surface area contributed by atoms with Crippen LogP contribution in [0.1, 0.15) is 30.9 Å². The molecule has 0 N–H and O–H groups in total. The molecule has 7 aromatic carbocycles. The Balaban J connectivity index is 0.846. The zero-order chi connectivity index (χ0) is 46.7. The summed E-state index contributed by atoms with van der Waals surface area (Å²) in [6, 6.07) is 65.4. The summed E-state index contributed by atoms with van der Waals surface area (Å²) in [4.78, 5) is 29.2. The maximum atomic E-state index is 11.8. The number of hydrogen-bond donors (Lipinski definition) is 0. The lowest BCUT2D eigenvalue weighted by Crippen LogP contribution is -2.10. The highest BCUT2D eigenvalue weighted by Gasteiger charge is 2.18. The van der Waals surface area contributed by atoms with Crippen molar-refractivity contribution in [3.05, 3.63) is 204 Å². The van der Waals surface area contributed by atoms with Gasteiger partial charge in [-0.05, 0) is 167 Å². The summed E-state index contributed by atoms with van der Waals surface area (Å²) in [5.41, 5.74) is 15.4. The summed E-state index contributed by atoms with van der Waals surface area (Å²) >= 11 is 6.90. The van der Waals surface area contributed by atoms with Gasteiger partial charge in [0.1, 0.15) is 10.0 Å². The lowest BCUT2D eigenvalue weighted by Gasteiger charge is -2.26. The molecule has 0 aliphatic carbocycles. The number of carbonyl (C=O) groups is 1. The monoisotopic (exact) mass is 970 g/mol. The van der Waals surface area contributed by atoms with Crippen molar-refractivity contribution >= 4 is 106 Å². The van der Waals surface area contributed by atoms with E-state index in [2.05, 4.69) is 209 Å². The van der Waals surface area contributed by atoms with Gasteiger partial charge in [0.2, 0.25) is 0 Å². The Morgan fingerprint density at radius 3 is 1.19 bits per heavy atom. The van der Waals surface area contributed by atoms with Gasteiger partial charge >= 0.3 is 5.97 Å². The van der Waals surface area contributed by atoms with Crippen LogP contribution in [0.4, 0.5) is 34.1 Å². The number of esters is 1. The maximum Gasteiger partial charge on any atom is 0.305 e. The fourth-order valence-corrected chi connectivity index (χ4v) is 12.1. The van der Waals surface area contributed by atoms with E-state index in [1.165, 1.54) is 33.6 Å². The molecule has 0 fully saturated rings. The summed E-state index contributed by atoms with van der Waals surface area (Å²) in [6.45, 7) is 2.22. The van der Waals surface area contributed by atoms with E-state index in [1.54, 1.807) is 45.3 Å². The number of nitrogens with zero attached hydrogens (tertiary/aromatic N) is 4. The molecule has 0 amide bonds. The zero-order valence-electron chi connectivity index (χ0n) is 38.0. The Bertz CT molecular complexity index is 3420. The third-order valence-corrected chi connectivity index (χ3v) is 16.3. The minimum Gasteiger partial charge on any atom is -0.469 e. The fraction of sp³-hybridized carbons (Fsp3) is 0.102. The molecule has 0 saturated heterocycles. The van der Waals surface area contributed by atoms with Crippen molar-refractivity contribution in [3.8, 4) is 42.0 Å². The second-order valence-electron chi connectivity index (χ2n) is 16.8. The number of rotatable bonds is 15. The number of ether oxygens (including phenoxy) is 1. The van der Waals surface area contributed by atoms with Gasteiger partial charge in [-0.25, -0.2) is 9.97 Å². The van der Waals surface area contributed by atoms with Crippen molar-refractivity contribution in [3.63, 3.8) is 0 Å². The smallest absolute Gasteiger partial charge is 0.305 e. The van der Waals surface area contributed by atoms with E-state index in [1.807, 2.05) is 0 Å². The van der Waals surface area contributed by atoms with Crippen LogP contribution in [0, 0.1) is 0 Å². The molecule has 0 spiro atoms. The van der Waals surface area contributed by atoms with Gasteiger partial charge in [0, 0.05) is 61.4 Å². The number of carbonyl (C=O) groups excluding carboxylic acids is 1. The SMILES string of the molecule is CCCc1ccc(N(c2ccc(-c3cccs3)cc2)c2ccc(-c3nc4cc5sc(-c6ccc(N(c7ccc(CCC(=O)OC)cc7)c7ccc(-c8cccs8)cc7)cc6)nc5cc4s3)cc2)cc1. The topological polar surface area (TPSA) is 58.6 Å². The molecule has 69 heavy (non-hydrogen) atoms. The molecule has 11 aromatic rings.